The van der Waals surface area contributed by atoms with E-state index in [0.717, 1.165) is 12.8 Å². The van der Waals surface area contributed by atoms with Crippen LogP contribution in [0, 0.1) is 5.92 Å². The largest absolute Gasteiger partial charge is 0.313 e. The van der Waals surface area contributed by atoms with Gasteiger partial charge in [0.05, 0.1) is 16.6 Å². The van der Waals surface area contributed by atoms with Crippen molar-refractivity contribution in [3.05, 3.63) is 192 Å². The molecule has 3 aliphatic rings. The molecule has 2 nitrogen and oxygen atoms in total. The summed E-state index contributed by atoms with van der Waals surface area (Å²) in [6.07, 6.45) is 13.7. The van der Waals surface area contributed by atoms with E-state index in [1.54, 1.807) is 0 Å². The van der Waals surface area contributed by atoms with Crippen molar-refractivity contribution in [2.45, 2.75) is 38.0 Å². The standard InChI is InChI=1S/C51H40N2/c1-51(2)45-17-9-6-14-39(45)40-27-26-38(32-46(40)51)53-48-19-11-8-16-42(48)44-31-36(23-29-50(44)53)35-22-28-49-43(30-35)41-15-7-10-18-47(41)52(49)37-24-20-34(21-25-37)33-12-4-3-5-13-33/h3-21,23-27,29-32,39,45H,22,28H2,1-2H3. The normalized spacial score (nSPS) is 18.3. The zero-order valence-corrected chi connectivity index (χ0v) is 30.1. The van der Waals surface area contributed by atoms with Crippen LogP contribution >= 0.6 is 0 Å². The third-order valence-electron chi connectivity index (χ3n) is 12.6. The topological polar surface area (TPSA) is 9.86 Å². The summed E-state index contributed by atoms with van der Waals surface area (Å²) >= 11 is 0. The van der Waals surface area contributed by atoms with E-state index in [1.165, 1.54) is 88.7 Å². The second-order valence-electron chi connectivity index (χ2n) is 15.7. The Kier molecular flexibility index (Phi) is 6.58. The van der Waals surface area contributed by atoms with Gasteiger partial charge in [0.1, 0.15) is 0 Å². The Hall–Kier alpha value is -6.12. The van der Waals surface area contributed by atoms with Crippen molar-refractivity contribution >= 4 is 44.4 Å². The molecule has 0 spiro atoms. The highest BCUT2D eigenvalue weighted by Gasteiger charge is 2.44. The quantitative estimate of drug-likeness (QED) is 0.175. The van der Waals surface area contributed by atoms with Crippen molar-refractivity contribution in [3.8, 4) is 22.5 Å². The molecule has 0 saturated carbocycles. The molecule has 2 aromatic heterocycles. The Balaban J connectivity index is 1.02. The molecule has 0 radical (unpaired) electrons. The zero-order valence-electron chi connectivity index (χ0n) is 30.1. The van der Waals surface area contributed by atoms with Gasteiger partial charge < -0.3 is 9.13 Å². The van der Waals surface area contributed by atoms with Crippen LogP contribution in [0.5, 0.6) is 0 Å². The number of aromatic nitrogens is 2. The maximum absolute atomic E-state index is 2.49. The number of nitrogens with zero attached hydrogens (tertiary/aromatic N) is 2. The maximum Gasteiger partial charge on any atom is 0.0541 e. The van der Waals surface area contributed by atoms with Crippen LogP contribution in [0.1, 0.15) is 54.1 Å². The molecule has 0 fully saturated rings. The van der Waals surface area contributed by atoms with E-state index in [2.05, 4.69) is 193 Å². The Bertz CT molecular complexity index is 2850. The first-order valence-electron chi connectivity index (χ1n) is 19.1. The molecule has 2 unspecified atom stereocenters. The van der Waals surface area contributed by atoms with E-state index < -0.39 is 0 Å². The van der Waals surface area contributed by atoms with Crippen LogP contribution in [-0.2, 0) is 11.8 Å². The highest BCUT2D eigenvalue weighted by atomic mass is 15.0. The summed E-state index contributed by atoms with van der Waals surface area (Å²) in [7, 11) is 0. The van der Waals surface area contributed by atoms with Crippen molar-refractivity contribution in [1.82, 2.24) is 9.13 Å². The predicted octanol–water partition coefficient (Wildman–Crippen LogP) is 13.0. The van der Waals surface area contributed by atoms with Gasteiger partial charge in [0.15, 0.2) is 0 Å². The third-order valence-corrected chi connectivity index (χ3v) is 12.6. The number of hydrogen-bond donors (Lipinski definition) is 0. The van der Waals surface area contributed by atoms with Crippen LogP contribution in [0.2, 0.25) is 0 Å². The maximum atomic E-state index is 2.49. The van der Waals surface area contributed by atoms with Crippen molar-refractivity contribution in [1.29, 1.82) is 0 Å². The van der Waals surface area contributed by atoms with Crippen molar-refractivity contribution < 1.29 is 0 Å². The van der Waals surface area contributed by atoms with Gasteiger partial charge in [-0.2, -0.15) is 0 Å². The fourth-order valence-electron chi connectivity index (χ4n) is 9.94. The summed E-state index contributed by atoms with van der Waals surface area (Å²) in [5.74, 6) is 0.954. The molecular formula is C51H40N2. The van der Waals surface area contributed by atoms with E-state index in [0.29, 0.717) is 11.8 Å². The zero-order chi connectivity index (χ0) is 35.3. The lowest BCUT2D eigenvalue weighted by molar-refractivity contribution is 0.394. The van der Waals surface area contributed by atoms with E-state index in [4.69, 9.17) is 0 Å². The highest BCUT2D eigenvalue weighted by Crippen LogP contribution is 2.53. The van der Waals surface area contributed by atoms with Crippen LogP contribution < -0.4 is 0 Å². The number of benzene rings is 6. The van der Waals surface area contributed by atoms with Gasteiger partial charge >= 0.3 is 0 Å². The van der Waals surface area contributed by atoms with Crippen LogP contribution in [0.25, 0.3) is 66.9 Å². The van der Waals surface area contributed by atoms with Gasteiger partial charge in [-0.05, 0) is 112 Å². The number of allylic oxidation sites excluding steroid dienone is 5. The van der Waals surface area contributed by atoms with E-state index in [1.807, 2.05) is 0 Å². The SMILES string of the molecule is CC1(C)c2cc(-n3c4ccccc4c4cc(C5=Cc6c(n(-c7ccc(-c8ccccc8)cc7)c7ccccc67)CC5)ccc43)ccc2C2C=CC=CC21. The van der Waals surface area contributed by atoms with Gasteiger partial charge in [0.2, 0.25) is 0 Å². The highest BCUT2D eigenvalue weighted by molar-refractivity contribution is 6.10. The van der Waals surface area contributed by atoms with Crippen LogP contribution in [-0.4, -0.2) is 9.13 Å². The predicted molar refractivity (Wildman–Crippen MR) is 223 cm³/mol. The number of para-hydroxylation sites is 2. The summed E-state index contributed by atoms with van der Waals surface area (Å²) < 4.78 is 4.98. The summed E-state index contributed by atoms with van der Waals surface area (Å²) in [5, 5.41) is 3.93. The summed E-state index contributed by atoms with van der Waals surface area (Å²) in [6, 6.07) is 52.0. The van der Waals surface area contributed by atoms with E-state index in [-0.39, 0.29) is 5.41 Å². The summed E-state index contributed by atoms with van der Waals surface area (Å²) in [5.41, 5.74) is 17.2. The van der Waals surface area contributed by atoms with E-state index in [9.17, 15) is 0 Å². The molecule has 53 heavy (non-hydrogen) atoms. The second kappa shape index (κ2) is 11.4. The van der Waals surface area contributed by atoms with Gasteiger partial charge in [0, 0.05) is 44.7 Å². The van der Waals surface area contributed by atoms with Crippen molar-refractivity contribution in [2.24, 2.45) is 5.92 Å². The molecule has 0 saturated heterocycles. The number of fused-ring (bicyclic) bond motifs is 9. The molecule has 2 heterocycles. The fourth-order valence-corrected chi connectivity index (χ4v) is 9.94. The molecule has 6 aromatic carbocycles. The molecule has 11 rings (SSSR count). The molecule has 254 valence electrons. The second-order valence-corrected chi connectivity index (χ2v) is 15.7. The molecule has 2 atom stereocenters. The minimum atomic E-state index is 0.0737. The Morgan fingerprint density at radius 1 is 0.528 bits per heavy atom. The Morgan fingerprint density at radius 3 is 2.02 bits per heavy atom. The third kappa shape index (κ3) is 4.51. The van der Waals surface area contributed by atoms with Crippen LogP contribution in [0.4, 0.5) is 0 Å². The lowest BCUT2D eigenvalue weighted by atomic mass is 9.74. The van der Waals surface area contributed by atoms with Gasteiger partial charge in [-0.15, -0.1) is 0 Å². The molecule has 0 amide bonds. The lowest BCUT2D eigenvalue weighted by Gasteiger charge is -2.29. The lowest BCUT2D eigenvalue weighted by Crippen LogP contribution is -2.24. The van der Waals surface area contributed by atoms with Gasteiger partial charge in [-0.1, -0.05) is 129 Å². The molecule has 0 bridgehead atoms. The molecule has 0 aliphatic heterocycles. The first-order chi connectivity index (χ1) is 26.0. The Morgan fingerprint density at radius 2 is 1.19 bits per heavy atom. The smallest absolute Gasteiger partial charge is 0.0541 e. The minimum Gasteiger partial charge on any atom is -0.313 e. The van der Waals surface area contributed by atoms with Crippen LogP contribution in [0.3, 0.4) is 0 Å². The van der Waals surface area contributed by atoms with Gasteiger partial charge in [0.25, 0.3) is 0 Å². The summed E-state index contributed by atoms with van der Waals surface area (Å²) in [4.78, 5) is 0. The molecular weight excluding hydrogens is 641 g/mol. The molecule has 0 N–H and O–H groups in total. The van der Waals surface area contributed by atoms with Crippen LogP contribution in [0.15, 0.2) is 164 Å². The van der Waals surface area contributed by atoms with Crippen molar-refractivity contribution in [2.75, 3.05) is 0 Å². The number of rotatable bonds is 4. The molecule has 8 aromatic rings. The monoisotopic (exact) mass is 680 g/mol. The average molecular weight is 681 g/mol. The Labute approximate surface area is 310 Å². The molecule has 2 heteroatoms. The first-order valence-corrected chi connectivity index (χ1v) is 19.1. The number of hydrogen-bond acceptors (Lipinski definition) is 0. The average Bonchev–Trinajstić information content (AvgIpc) is 3.81. The molecule has 3 aliphatic carbocycles. The minimum absolute atomic E-state index is 0.0737. The van der Waals surface area contributed by atoms with Gasteiger partial charge in [-0.3, -0.25) is 0 Å². The van der Waals surface area contributed by atoms with Crippen molar-refractivity contribution in [3.63, 3.8) is 0 Å². The summed E-state index contributed by atoms with van der Waals surface area (Å²) in [6.45, 7) is 4.84. The van der Waals surface area contributed by atoms with E-state index >= 15 is 0 Å². The van der Waals surface area contributed by atoms with Gasteiger partial charge in [-0.25, -0.2) is 0 Å². The first kappa shape index (κ1) is 30.5. The fraction of sp³-hybridized carbons (Fsp3) is 0.137.